The van der Waals surface area contributed by atoms with Crippen LogP contribution in [0.5, 0.6) is 0 Å². The van der Waals surface area contributed by atoms with Crippen molar-refractivity contribution in [3.63, 3.8) is 0 Å². The molecule has 4 unspecified atom stereocenters. The van der Waals surface area contributed by atoms with Crippen molar-refractivity contribution in [2.75, 3.05) is 26.4 Å². The Labute approximate surface area is 210 Å². The maximum atomic E-state index is 8.88. The second kappa shape index (κ2) is 17.3. The quantitative estimate of drug-likeness (QED) is 0.219. The number of aliphatic hydroxyl groups is 2. The van der Waals surface area contributed by atoms with Gasteiger partial charge in [-0.15, -0.1) is 0 Å². The monoisotopic (exact) mass is 480 g/mol. The van der Waals surface area contributed by atoms with Crippen LogP contribution in [0, 0.1) is 23.7 Å². The van der Waals surface area contributed by atoms with Gasteiger partial charge in [0.2, 0.25) is 0 Å². The van der Waals surface area contributed by atoms with Crippen LogP contribution in [0.15, 0.2) is 0 Å². The average Bonchev–Trinajstić information content (AvgIpc) is 2.87. The van der Waals surface area contributed by atoms with Crippen molar-refractivity contribution in [3.8, 4) is 0 Å². The number of aliphatic hydroxyl groups excluding tert-OH is 2. The largest absolute Gasteiger partial charge is 0.396 e. The first kappa shape index (κ1) is 28.4. The molecule has 4 nitrogen and oxygen atoms in total. The van der Waals surface area contributed by atoms with Crippen LogP contribution in [0.3, 0.4) is 0 Å². The Morgan fingerprint density at radius 1 is 0.471 bits per heavy atom. The molecule has 3 rings (SSSR count). The number of fused-ring (bicyclic) bond motifs is 1. The van der Waals surface area contributed by atoms with E-state index in [1.807, 2.05) is 0 Å². The molecule has 0 radical (unpaired) electrons. The maximum absolute atomic E-state index is 8.88. The van der Waals surface area contributed by atoms with Crippen LogP contribution in [-0.4, -0.2) is 48.8 Å². The van der Waals surface area contributed by atoms with Crippen molar-refractivity contribution in [3.05, 3.63) is 0 Å². The summed E-state index contributed by atoms with van der Waals surface area (Å²) in [4.78, 5) is 0. The summed E-state index contributed by atoms with van der Waals surface area (Å²) in [5, 5.41) is 17.7. The van der Waals surface area contributed by atoms with Crippen LogP contribution in [0.4, 0.5) is 0 Å². The zero-order chi connectivity index (χ0) is 23.8. The van der Waals surface area contributed by atoms with E-state index in [9.17, 15) is 0 Å². The van der Waals surface area contributed by atoms with Gasteiger partial charge in [0.05, 0.1) is 12.2 Å². The SMILES string of the molecule is OCCCCCCOC1CCC(CCC2CCC3CC(OCCCCCCO)CCC3C2)CC1. The van der Waals surface area contributed by atoms with E-state index >= 15 is 0 Å². The number of hydrogen-bond acceptors (Lipinski definition) is 4. The minimum Gasteiger partial charge on any atom is -0.396 e. The molecule has 0 amide bonds. The molecule has 3 aliphatic carbocycles. The van der Waals surface area contributed by atoms with Crippen LogP contribution in [-0.2, 0) is 9.47 Å². The summed E-state index contributed by atoms with van der Waals surface area (Å²) in [6, 6.07) is 0. The molecule has 2 N–H and O–H groups in total. The van der Waals surface area contributed by atoms with Gasteiger partial charge in [-0.1, -0.05) is 44.9 Å². The molecule has 0 aromatic heterocycles. The van der Waals surface area contributed by atoms with Crippen molar-refractivity contribution in [2.24, 2.45) is 23.7 Å². The first-order valence-electron chi connectivity index (χ1n) is 15.2. The molecule has 4 atom stereocenters. The zero-order valence-electron chi connectivity index (χ0n) is 22.1. The first-order chi connectivity index (χ1) is 16.8. The topological polar surface area (TPSA) is 58.9 Å². The molecule has 4 heteroatoms. The predicted octanol–water partition coefficient (Wildman–Crippen LogP) is 7.05. The van der Waals surface area contributed by atoms with E-state index in [1.165, 1.54) is 89.9 Å². The van der Waals surface area contributed by atoms with Gasteiger partial charge in [-0.25, -0.2) is 0 Å². The minimum absolute atomic E-state index is 0.330. The molecule has 34 heavy (non-hydrogen) atoms. The highest BCUT2D eigenvalue weighted by molar-refractivity contribution is 4.87. The van der Waals surface area contributed by atoms with Gasteiger partial charge >= 0.3 is 0 Å². The van der Waals surface area contributed by atoms with Crippen molar-refractivity contribution in [2.45, 2.75) is 141 Å². The molecule has 3 aliphatic rings. The fourth-order valence-corrected chi connectivity index (χ4v) is 7.05. The minimum atomic E-state index is 0.330. The summed E-state index contributed by atoms with van der Waals surface area (Å²) in [7, 11) is 0. The van der Waals surface area contributed by atoms with Gasteiger partial charge in [0.25, 0.3) is 0 Å². The predicted molar refractivity (Wildman–Crippen MR) is 140 cm³/mol. The summed E-state index contributed by atoms with van der Waals surface area (Å²) in [6.45, 7) is 2.50. The van der Waals surface area contributed by atoms with E-state index < -0.39 is 0 Å². The Hall–Kier alpha value is -0.160. The van der Waals surface area contributed by atoms with E-state index in [1.54, 1.807) is 0 Å². The van der Waals surface area contributed by atoms with Crippen LogP contribution < -0.4 is 0 Å². The maximum Gasteiger partial charge on any atom is 0.0578 e. The van der Waals surface area contributed by atoms with Gasteiger partial charge in [0.15, 0.2) is 0 Å². The lowest BCUT2D eigenvalue weighted by Gasteiger charge is -2.42. The van der Waals surface area contributed by atoms with Crippen molar-refractivity contribution in [1.82, 2.24) is 0 Å². The Morgan fingerprint density at radius 3 is 1.65 bits per heavy atom. The Kier molecular flexibility index (Phi) is 14.5. The second-order valence-electron chi connectivity index (χ2n) is 11.9. The fraction of sp³-hybridized carbons (Fsp3) is 1.00. The lowest BCUT2D eigenvalue weighted by molar-refractivity contribution is -0.0217. The molecule has 0 saturated heterocycles. The molecule has 200 valence electrons. The third-order valence-corrected chi connectivity index (χ3v) is 9.26. The van der Waals surface area contributed by atoms with Crippen LogP contribution in [0.2, 0.25) is 0 Å². The standard InChI is InChI=1S/C30H56O4/c31-19-5-1-3-7-21-33-29-16-12-25(13-17-29)9-10-26-11-14-28-24-30(18-15-27(28)23-26)34-22-8-4-2-6-20-32/h25-32H,1-24H2. The molecule has 0 heterocycles. The van der Waals surface area contributed by atoms with E-state index in [0.717, 1.165) is 75.4 Å². The second-order valence-corrected chi connectivity index (χ2v) is 11.9. The van der Waals surface area contributed by atoms with Crippen molar-refractivity contribution in [1.29, 1.82) is 0 Å². The van der Waals surface area contributed by atoms with Gasteiger partial charge in [0, 0.05) is 26.4 Å². The number of hydrogen-bond donors (Lipinski definition) is 2. The van der Waals surface area contributed by atoms with Gasteiger partial charge in [-0.05, 0) is 107 Å². The van der Waals surface area contributed by atoms with Crippen LogP contribution in [0.25, 0.3) is 0 Å². The molecular formula is C30H56O4. The summed E-state index contributed by atoms with van der Waals surface area (Å²) in [5.74, 6) is 3.84. The summed E-state index contributed by atoms with van der Waals surface area (Å²) >= 11 is 0. The number of unbranched alkanes of at least 4 members (excludes halogenated alkanes) is 6. The molecular weight excluding hydrogens is 424 g/mol. The van der Waals surface area contributed by atoms with Crippen molar-refractivity contribution >= 4 is 0 Å². The Balaban J connectivity index is 1.20. The third kappa shape index (κ3) is 10.8. The Bertz CT molecular complexity index is 490. The molecule has 0 spiro atoms. The van der Waals surface area contributed by atoms with E-state index in [0.29, 0.717) is 25.4 Å². The number of ether oxygens (including phenoxy) is 2. The molecule has 0 aliphatic heterocycles. The highest BCUT2D eigenvalue weighted by Gasteiger charge is 2.36. The van der Waals surface area contributed by atoms with E-state index in [4.69, 9.17) is 19.7 Å². The molecule has 0 aromatic carbocycles. The summed E-state index contributed by atoms with van der Waals surface area (Å²) < 4.78 is 12.4. The third-order valence-electron chi connectivity index (χ3n) is 9.26. The van der Waals surface area contributed by atoms with Crippen LogP contribution >= 0.6 is 0 Å². The van der Waals surface area contributed by atoms with E-state index in [-0.39, 0.29) is 0 Å². The molecule has 3 fully saturated rings. The lowest BCUT2D eigenvalue weighted by atomic mass is 9.65. The highest BCUT2D eigenvalue weighted by Crippen LogP contribution is 2.45. The number of rotatable bonds is 17. The van der Waals surface area contributed by atoms with E-state index in [2.05, 4.69) is 0 Å². The summed E-state index contributed by atoms with van der Waals surface area (Å²) in [5.41, 5.74) is 0. The van der Waals surface area contributed by atoms with Crippen molar-refractivity contribution < 1.29 is 19.7 Å². The zero-order valence-corrected chi connectivity index (χ0v) is 22.1. The first-order valence-corrected chi connectivity index (χ1v) is 15.2. The van der Waals surface area contributed by atoms with Gasteiger partial charge in [-0.2, -0.15) is 0 Å². The lowest BCUT2D eigenvalue weighted by Crippen LogP contribution is -2.34. The highest BCUT2D eigenvalue weighted by atomic mass is 16.5. The summed E-state index contributed by atoms with van der Waals surface area (Å²) in [6.07, 6.45) is 26.6. The Morgan fingerprint density at radius 2 is 0.971 bits per heavy atom. The smallest absolute Gasteiger partial charge is 0.0578 e. The fourth-order valence-electron chi connectivity index (χ4n) is 7.05. The van der Waals surface area contributed by atoms with Gasteiger partial charge in [-0.3, -0.25) is 0 Å². The van der Waals surface area contributed by atoms with Gasteiger partial charge < -0.3 is 19.7 Å². The van der Waals surface area contributed by atoms with Crippen LogP contribution in [0.1, 0.15) is 128 Å². The molecule has 0 bridgehead atoms. The van der Waals surface area contributed by atoms with Gasteiger partial charge in [0.1, 0.15) is 0 Å². The molecule has 3 saturated carbocycles. The normalized spacial score (nSPS) is 31.9. The average molecular weight is 481 g/mol. The molecule has 0 aromatic rings.